The second-order valence-corrected chi connectivity index (χ2v) is 7.40. The highest BCUT2D eigenvalue weighted by atomic mass is 19.1. The van der Waals surface area contributed by atoms with Gasteiger partial charge in [0.1, 0.15) is 0 Å². The molecule has 2 aromatic rings. The number of nitrogens with zero attached hydrogens (tertiary/aromatic N) is 2. The van der Waals surface area contributed by atoms with Crippen molar-refractivity contribution >= 4 is 5.91 Å². The molecule has 194 valence electrons. The lowest BCUT2D eigenvalue weighted by Gasteiger charge is -2.16. The first-order chi connectivity index (χ1) is 17.0. The molecule has 0 saturated carbocycles. The van der Waals surface area contributed by atoms with E-state index in [1.54, 1.807) is 6.07 Å². The highest BCUT2D eigenvalue weighted by molar-refractivity contribution is 5.92. The number of rotatable bonds is 7. The molecule has 1 fully saturated rings. The van der Waals surface area contributed by atoms with Gasteiger partial charge in [-0.3, -0.25) is 9.69 Å². The Balaban J connectivity index is 0.00000112. The van der Waals surface area contributed by atoms with Gasteiger partial charge in [-0.25, -0.2) is 9.37 Å². The Morgan fingerprint density at radius 2 is 1.89 bits per heavy atom. The fraction of sp³-hybridized carbons (Fsp3) is 0.448. The second kappa shape index (κ2) is 19.3. The zero-order valence-corrected chi connectivity index (χ0v) is 22.6. The zero-order valence-electron chi connectivity index (χ0n) is 22.6. The monoisotopic (exact) mass is 485 g/mol. The molecule has 35 heavy (non-hydrogen) atoms. The molecule has 1 atom stereocenters. The summed E-state index contributed by atoms with van der Waals surface area (Å²) < 4.78 is 19.8. The highest BCUT2D eigenvalue weighted by Crippen LogP contribution is 2.26. The van der Waals surface area contributed by atoms with E-state index in [0.717, 1.165) is 38.0 Å². The van der Waals surface area contributed by atoms with Gasteiger partial charge in [0.15, 0.2) is 11.6 Å². The lowest BCUT2D eigenvalue weighted by Crippen LogP contribution is -2.19. The van der Waals surface area contributed by atoms with Crippen LogP contribution in [0, 0.1) is 11.7 Å². The Morgan fingerprint density at radius 1 is 1.17 bits per heavy atom. The van der Waals surface area contributed by atoms with Crippen molar-refractivity contribution in [1.82, 2.24) is 9.88 Å². The molecule has 0 aliphatic carbocycles. The summed E-state index contributed by atoms with van der Waals surface area (Å²) in [6.07, 6.45) is 12.1. The van der Waals surface area contributed by atoms with Gasteiger partial charge in [0.25, 0.3) is 0 Å². The van der Waals surface area contributed by atoms with Crippen LogP contribution in [0.25, 0.3) is 0 Å². The number of ether oxygens (including phenoxy) is 1. The number of pyridine rings is 1. The number of halogens is 1. The van der Waals surface area contributed by atoms with Crippen molar-refractivity contribution in [2.45, 2.75) is 67.9 Å². The van der Waals surface area contributed by atoms with Crippen molar-refractivity contribution in [3.05, 3.63) is 77.8 Å². The van der Waals surface area contributed by atoms with Gasteiger partial charge in [-0.05, 0) is 62.9 Å². The Morgan fingerprint density at radius 3 is 2.37 bits per heavy atom. The number of likely N-dealkylation sites (tertiary alicyclic amines) is 1. The van der Waals surface area contributed by atoms with E-state index in [1.165, 1.54) is 24.4 Å². The number of primary amides is 1. The summed E-state index contributed by atoms with van der Waals surface area (Å²) >= 11 is 0. The van der Waals surface area contributed by atoms with Crippen LogP contribution >= 0.6 is 0 Å². The summed E-state index contributed by atoms with van der Waals surface area (Å²) in [5, 5.41) is 0. The third kappa shape index (κ3) is 12.3. The van der Waals surface area contributed by atoms with Crippen molar-refractivity contribution in [3.8, 4) is 11.6 Å². The number of benzene rings is 1. The van der Waals surface area contributed by atoms with Gasteiger partial charge >= 0.3 is 0 Å². The largest absolute Gasteiger partial charge is 0.436 e. The fourth-order valence-corrected chi connectivity index (χ4v) is 3.35. The summed E-state index contributed by atoms with van der Waals surface area (Å²) in [4.78, 5) is 17.3. The third-order valence-electron chi connectivity index (χ3n) is 4.88. The predicted octanol–water partition coefficient (Wildman–Crippen LogP) is 7.53. The maximum Gasteiger partial charge on any atom is 0.250 e. The standard InChI is InChI=1S/C20H22FN3O2.C5H10.2C2H6/c1-2-3-14-8-9-24(12-14)13-15-4-6-18(17(21)10-15)26-19-7-5-16(11-23-19)20(22)25;1-3-5-4-2;2*1-2/h2-7,10-11,14H,8-9,12-13H2,1H3,(H2,22,25);3,5H,4H2,1-2H3;2*1-2H3/b3-2+;5-3-;;. The first-order valence-corrected chi connectivity index (χ1v) is 12.6. The normalized spacial score (nSPS) is 14.9. The predicted molar refractivity (Wildman–Crippen MR) is 145 cm³/mol. The van der Waals surface area contributed by atoms with Crippen LogP contribution in [-0.4, -0.2) is 28.9 Å². The van der Waals surface area contributed by atoms with Gasteiger partial charge in [-0.2, -0.15) is 0 Å². The number of nitrogens with two attached hydrogens (primary N) is 1. The van der Waals surface area contributed by atoms with Crippen LogP contribution in [0.5, 0.6) is 11.6 Å². The van der Waals surface area contributed by atoms with E-state index in [2.05, 4.69) is 41.1 Å². The van der Waals surface area contributed by atoms with E-state index >= 15 is 0 Å². The van der Waals surface area contributed by atoms with E-state index < -0.39 is 11.7 Å². The van der Waals surface area contributed by atoms with Crippen molar-refractivity contribution in [1.29, 1.82) is 0 Å². The molecular formula is C29H44FN3O2. The van der Waals surface area contributed by atoms with E-state index in [-0.39, 0.29) is 17.2 Å². The molecule has 2 heterocycles. The fourth-order valence-electron chi connectivity index (χ4n) is 3.35. The molecule has 1 aromatic carbocycles. The molecule has 1 unspecified atom stereocenters. The van der Waals surface area contributed by atoms with E-state index in [9.17, 15) is 9.18 Å². The molecule has 5 nitrogen and oxygen atoms in total. The molecule has 1 aliphatic rings. The van der Waals surface area contributed by atoms with Crippen LogP contribution < -0.4 is 10.5 Å². The maximum absolute atomic E-state index is 14.4. The van der Waals surface area contributed by atoms with Crippen LogP contribution in [0.15, 0.2) is 60.8 Å². The van der Waals surface area contributed by atoms with Crippen molar-refractivity contribution < 1.29 is 13.9 Å². The summed E-state index contributed by atoms with van der Waals surface area (Å²) in [6, 6.07) is 7.94. The van der Waals surface area contributed by atoms with E-state index in [4.69, 9.17) is 10.5 Å². The van der Waals surface area contributed by atoms with Gasteiger partial charge in [0.05, 0.1) is 5.56 Å². The first-order valence-electron chi connectivity index (χ1n) is 12.6. The topological polar surface area (TPSA) is 68.5 Å². The van der Waals surface area contributed by atoms with Crippen LogP contribution in [0.1, 0.15) is 77.2 Å². The molecule has 1 saturated heterocycles. The number of allylic oxidation sites excluding steroid dienone is 3. The van der Waals surface area contributed by atoms with Crippen LogP contribution in [0.3, 0.4) is 0 Å². The van der Waals surface area contributed by atoms with Gasteiger partial charge in [0.2, 0.25) is 11.8 Å². The van der Waals surface area contributed by atoms with Gasteiger partial charge < -0.3 is 10.5 Å². The van der Waals surface area contributed by atoms with Gasteiger partial charge in [-0.15, -0.1) is 0 Å². The average Bonchev–Trinajstić information content (AvgIpc) is 3.31. The first kappa shape index (κ1) is 32.0. The molecule has 6 heteroatoms. The third-order valence-corrected chi connectivity index (χ3v) is 4.88. The summed E-state index contributed by atoms with van der Waals surface area (Å²) in [6.45, 7) is 16.9. The minimum atomic E-state index is -0.571. The SMILES string of the molecule is C/C=C/C1CCN(Cc2ccc(Oc3ccc(C(N)=O)cn3)c(F)c2)C1.C/C=C\CC.CC.CC. The molecule has 0 bridgehead atoms. The molecule has 1 aromatic heterocycles. The Labute approximate surface area is 211 Å². The number of hydrogen-bond donors (Lipinski definition) is 1. The van der Waals surface area contributed by atoms with E-state index in [0.29, 0.717) is 5.92 Å². The van der Waals surface area contributed by atoms with Crippen LogP contribution in [-0.2, 0) is 6.54 Å². The van der Waals surface area contributed by atoms with Gasteiger partial charge in [-0.1, -0.05) is 65.0 Å². The number of carbonyl (C=O) groups excluding carboxylic acids is 1. The molecule has 0 spiro atoms. The number of aromatic nitrogens is 1. The quantitative estimate of drug-likeness (QED) is 0.411. The Hall–Kier alpha value is -2.99. The lowest BCUT2D eigenvalue weighted by atomic mass is 10.1. The smallest absolute Gasteiger partial charge is 0.250 e. The molecule has 3 rings (SSSR count). The molecule has 0 radical (unpaired) electrons. The lowest BCUT2D eigenvalue weighted by molar-refractivity contribution is 0.1000. The number of amides is 1. The summed E-state index contributed by atoms with van der Waals surface area (Å²) in [7, 11) is 0. The van der Waals surface area contributed by atoms with E-state index in [1.807, 2.05) is 47.6 Å². The van der Waals surface area contributed by atoms with Crippen molar-refractivity contribution in [2.24, 2.45) is 11.7 Å². The van der Waals surface area contributed by atoms with Crippen LogP contribution in [0.4, 0.5) is 4.39 Å². The van der Waals surface area contributed by atoms with Crippen molar-refractivity contribution in [3.63, 3.8) is 0 Å². The minimum Gasteiger partial charge on any atom is -0.436 e. The Kier molecular flexibility index (Phi) is 17.7. The number of carbonyl (C=O) groups is 1. The summed E-state index contributed by atoms with van der Waals surface area (Å²) in [5.74, 6) is -0.121. The zero-order chi connectivity index (χ0) is 26.6. The molecule has 1 aliphatic heterocycles. The minimum absolute atomic E-state index is 0.0984. The molecule has 2 N–H and O–H groups in total. The second-order valence-electron chi connectivity index (χ2n) is 7.40. The molecule has 1 amide bonds. The Bertz CT molecular complexity index is 895. The average molecular weight is 486 g/mol. The number of hydrogen-bond acceptors (Lipinski definition) is 4. The maximum atomic E-state index is 14.4. The molecular weight excluding hydrogens is 441 g/mol. The van der Waals surface area contributed by atoms with Gasteiger partial charge in [0, 0.05) is 25.4 Å². The van der Waals surface area contributed by atoms with Crippen LogP contribution in [0.2, 0.25) is 0 Å². The van der Waals surface area contributed by atoms with Crippen molar-refractivity contribution in [2.75, 3.05) is 13.1 Å². The highest BCUT2D eigenvalue weighted by Gasteiger charge is 2.20. The summed E-state index contributed by atoms with van der Waals surface area (Å²) in [5.41, 5.74) is 6.35.